The monoisotopic (exact) mass is 401 g/mol. The number of carbonyl (C=O) groups is 2. The molecule has 29 heavy (non-hydrogen) atoms. The van der Waals surface area contributed by atoms with Crippen molar-refractivity contribution < 1.29 is 23.5 Å². The maximum atomic E-state index is 13.0. The SMILES string of the molecule is CC[C@@H](C)NC(=O)C(=O)N/N=C\c1ccc(OCc2ccc(F)cc2)c(OC)c1. The van der Waals surface area contributed by atoms with Gasteiger partial charge in [-0.05, 0) is 54.8 Å². The molecule has 0 aromatic heterocycles. The zero-order valence-electron chi connectivity index (χ0n) is 16.6. The van der Waals surface area contributed by atoms with E-state index in [1.165, 1.54) is 25.5 Å². The Balaban J connectivity index is 1.95. The smallest absolute Gasteiger partial charge is 0.329 e. The highest BCUT2D eigenvalue weighted by atomic mass is 19.1. The van der Waals surface area contributed by atoms with Crippen LogP contribution in [0.15, 0.2) is 47.6 Å². The Morgan fingerprint density at radius 3 is 2.52 bits per heavy atom. The van der Waals surface area contributed by atoms with Gasteiger partial charge in [-0.2, -0.15) is 5.10 Å². The molecule has 2 aromatic rings. The van der Waals surface area contributed by atoms with Crippen molar-refractivity contribution in [3.05, 3.63) is 59.4 Å². The van der Waals surface area contributed by atoms with Crippen molar-refractivity contribution in [3.8, 4) is 11.5 Å². The van der Waals surface area contributed by atoms with Crippen LogP contribution in [0.4, 0.5) is 4.39 Å². The molecule has 0 aliphatic rings. The average Bonchev–Trinajstić information content (AvgIpc) is 2.73. The first-order chi connectivity index (χ1) is 13.9. The molecule has 2 amide bonds. The number of halogens is 1. The fourth-order valence-electron chi connectivity index (χ4n) is 2.23. The molecule has 8 heteroatoms. The van der Waals surface area contributed by atoms with E-state index in [1.54, 1.807) is 37.3 Å². The van der Waals surface area contributed by atoms with Gasteiger partial charge in [-0.3, -0.25) is 9.59 Å². The molecule has 0 radical (unpaired) electrons. The second-order valence-corrected chi connectivity index (χ2v) is 6.31. The van der Waals surface area contributed by atoms with E-state index < -0.39 is 11.8 Å². The van der Waals surface area contributed by atoms with Crippen LogP contribution in [0.25, 0.3) is 0 Å². The number of nitrogens with zero attached hydrogens (tertiary/aromatic N) is 1. The lowest BCUT2D eigenvalue weighted by molar-refractivity contribution is -0.139. The number of rotatable bonds is 8. The van der Waals surface area contributed by atoms with Crippen molar-refractivity contribution in [2.75, 3.05) is 7.11 Å². The minimum atomic E-state index is -0.840. The Hall–Kier alpha value is -3.42. The van der Waals surface area contributed by atoms with Crippen molar-refractivity contribution in [1.82, 2.24) is 10.7 Å². The molecule has 154 valence electrons. The van der Waals surface area contributed by atoms with E-state index >= 15 is 0 Å². The molecule has 2 rings (SSSR count). The van der Waals surface area contributed by atoms with Gasteiger partial charge in [-0.1, -0.05) is 19.1 Å². The molecule has 0 aliphatic heterocycles. The first kappa shape index (κ1) is 21.9. The summed E-state index contributed by atoms with van der Waals surface area (Å²) >= 11 is 0. The molecule has 0 bridgehead atoms. The molecular weight excluding hydrogens is 377 g/mol. The Labute approximate surface area is 168 Å². The van der Waals surface area contributed by atoms with Gasteiger partial charge < -0.3 is 14.8 Å². The van der Waals surface area contributed by atoms with Crippen LogP contribution in [-0.2, 0) is 16.2 Å². The van der Waals surface area contributed by atoms with Crippen molar-refractivity contribution in [2.24, 2.45) is 5.10 Å². The van der Waals surface area contributed by atoms with Crippen LogP contribution in [0.5, 0.6) is 11.5 Å². The summed E-state index contributed by atoms with van der Waals surface area (Å²) < 4.78 is 24.0. The fourth-order valence-corrected chi connectivity index (χ4v) is 2.23. The molecule has 0 fully saturated rings. The van der Waals surface area contributed by atoms with E-state index in [4.69, 9.17) is 9.47 Å². The van der Waals surface area contributed by atoms with Crippen LogP contribution < -0.4 is 20.2 Å². The number of nitrogens with one attached hydrogen (secondary N) is 2. The number of carbonyl (C=O) groups excluding carboxylic acids is 2. The summed E-state index contributed by atoms with van der Waals surface area (Å²) in [7, 11) is 1.50. The van der Waals surface area contributed by atoms with Crippen molar-refractivity contribution >= 4 is 18.0 Å². The average molecular weight is 401 g/mol. The molecule has 1 atom stereocenters. The standard InChI is InChI=1S/C21H24FN3O4/c1-4-14(2)24-20(26)21(27)25-23-12-16-7-10-18(19(11-16)28-3)29-13-15-5-8-17(22)9-6-15/h5-12,14H,4,13H2,1-3H3,(H,24,26)(H,25,27)/b23-12-/t14-/m1/s1. The van der Waals surface area contributed by atoms with Gasteiger partial charge in [0.05, 0.1) is 13.3 Å². The van der Waals surface area contributed by atoms with Crippen molar-refractivity contribution in [3.63, 3.8) is 0 Å². The Bertz CT molecular complexity index is 869. The largest absolute Gasteiger partial charge is 0.493 e. The maximum Gasteiger partial charge on any atom is 0.329 e. The van der Waals surface area contributed by atoms with Crippen molar-refractivity contribution in [2.45, 2.75) is 32.9 Å². The lowest BCUT2D eigenvalue weighted by Gasteiger charge is -2.11. The van der Waals surface area contributed by atoms with E-state index in [0.29, 0.717) is 17.1 Å². The van der Waals surface area contributed by atoms with Crippen LogP contribution in [0, 0.1) is 5.82 Å². The quantitative estimate of drug-likeness (QED) is 0.404. The first-order valence-electron chi connectivity index (χ1n) is 9.12. The highest BCUT2D eigenvalue weighted by molar-refractivity contribution is 6.35. The summed E-state index contributed by atoms with van der Waals surface area (Å²) in [5.41, 5.74) is 3.63. The number of hydrogen-bond acceptors (Lipinski definition) is 5. The Morgan fingerprint density at radius 2 is 1.86 bits per heavy atom. The highest BCUT2D eigenvalue weighted by Crippen LogP contribution is 2.28. The third-order valence-electron chi connectivity index (χ3n) is 4.07. The van der Waals surface area contributed by atoms with E-state index in [-0.39, 0.29) is 18.5 Å². The maximum absolute atomic E-state index is 13.0. The molecule has 0 unspecified atom stereocenters. The number of hydrogen-bond donors (Lipinski definition) is 2. The van der Waals surface area contributed by atoms with E-state index in [2.05, 4.69) is 15.8 Å². The second-order valence-electron chi connectivity index (χ2n) is 6.31. The van der Waals surface area contributed by atoms with Gasteiger partial charge in [-0.15, -0.1) is 0 Å². The van der Waals surface area contributed by atoms with Gasteiger partial charge in [-0.25, -0.2) is 9.82 Å². The molecule has 2 N–H and O–H groups in total. The van der Waals surface area contributed by atoms with E-state index in [9.17, 15) is 14.0 Å². The molecule has 0 saturated heterocycles. The lowest BCUT2D eigenvalue weighted by Crippen LogP contribution is -2.41. The molecule has 7 nitrogen and oxygen atoms in total. The summed E-state index contributed by atoms with van der Waals surface area (Å²) in [6, 6.07) is 11.0. The molecule has 0 saturated carbocycles. The van der Waals surface area contributed by atoms with Crippen LogP contribution in [0.3, 0.4) is 0 Å². The number of amides is 2. The number of methoxy groups -OCH3 is 1. The predicted octanol–water partition coefficient (Wildman–Crippen LogP) is 2.78. The molecular formula is C21H24FN3O4. The second kappa shape index (κ2) is 10.8. The Morgan fingerprint density at radius 1 is 1.14 bits per heavy atom. The molecule has 0 aliphatic carbocycles. The van der Waals surface area contributed by atoms with Crippen LogP contribution in [0.2, 0.25) is 0 Å². The topological polar surface area (TPSA) is 89.0 Å². The van der Waals surface area contributed by atoms with Gasteiger partial charge in [0.15, 0.2) is 11.5 Å². The van der Waals surface area contributed by atoms with Gasteiger partial charge in [0.2, 0.25) is 0 Å². The molecule has 0 spiro atoms. The summed E-state index contributed by atoms with van der Waals surface area (Å²) in [5, 5.41) is 6.34. The fraction of sp³-hybridized carbons (Fsp3) is 0.286. The van der Waals surface area contributed by atoms with E-state index in [1.807, 2.05) is 6.92 Å². The van der Waals surface area contributed by atoms with Gasteiger partial charge >= 0.3 is 11.8 Å². The van der Waals surface area contributed by atoms with Crippen LogP contribution in [0.1, 0.15) is 31.4 Å². The third kappa shape index (κ3) is 6.91. The van der Waals surface area contributed by atoms with Gasteiger partial charge in [0.25, 0.3) is 0 Å². The zero-order valence-corrected chi connectivity index (χ0v) is 16.6. The summed E-state index contributed by atoms with van der Waals surface area (Å²) in [4.78, 5) is 23.4. The van der Waals surface area contributed by atoms with E-state index in [0.717, 1.165) is 12.0 Å². The normalized spacial score (nSPS) is 11.7. The van der Waals surface area contributed by atoms with Crippen LogP contribution in [-0.4, -0.2) is 31.2 Å². The lowest BCUT2D eigenvalue weighted by atomic mass is 10.2. The minimum absolute atomic E-state index is 0.0936. The highest BCUT2D eigenvalue weighted by Gasteiger charge is 2.14. The van der Waals surface area contributed by atoms with Crippen molar-refractivity contribution in [1.29, 1.82) is 0 Å². The number of benzene rings is 2. The Kier molecular flexibility index (Phi) is 8.14. The van der Waals surface area contributed by atoms with Crippen LogP contribution >= 0.6 is 0 Å². The number of hydrazone groups is 1. The van der Waals surface area contributed by atoms with Gasteiger partial charge in [0.1, 0.15) is 12.4 Å². The van der Waals surface area contributed by atoms with Gasteiger partial charge in [0, 0.05) is 6.04 Å². The minimum Gasteiger partial charge on any atom is -0.493 e. The molecule has 0 heterocycles. The summed E-state index contributed by atoms with van der Waals surface area (Å²) in [5.74, 6) is -0.909. The summed E-state index contributed by atoms with van der Waals surface area (Å²) in [6.45, 7) is 3.97. The molecule has 2 aromatic carbocycles. The summed E-state index contributed by atoms with van der Waals surface area (Å²) in [6.07, 6.45) is 2.11. The third-order valence-corrected chi connectivity index (χ3v) is 4.07. The zero-order chi connectivity index (χ0) is 21.2. The predicted molar refractivity (Wildman–Crippen MR) is 107 cm³/mol. The number of ether oxygens (including phenoxy) is 2. The first-order valence-corrected chi connectivity index (χ1v) is 9.12.